The summed E-state index contributed by atoms with van der Waals surface area (Å²) in [7, 11) is 1.58. The second-order valence-corrected chi connectivity index (χ2v) is 4.08. The topological polar surface area (TPSA) is 71.7 Å². The van der Waals surface area contributed by atoms with Gasteiger partial charge in [-0.25, -0.2) is 15.2 Å². The first-order valence-electron chi connectivity index (χ1n) is 5.32. The number of hydrogen-bond donors (Lipinski definition) is 3. The fourth-order valence-corrected chi connectivity index (χ4v) is 1.49. The van der Waals surface area contributed by atoms with E-state index in [0.717, 1.165) is 0 Å². The number of hydrogen-bond acceptors (Lipinski definition) is 3. The first-order valence-corrected chi connectivity index (χ1v) is 5.70. The largest absolute Gasteiger partial charge is 0.382 e. The van der Waals surface area contributed by atoms with Gasteiger partial charge in [-0.05, 0) is 25.1 Å². The van der Waals surface area contributed by atoms with Crippen molar-refractivity contribution in [2.24, 2.45) is 10.8 Å². The van der Waals surface area contributed by atoms with Gasteiger partial charge in [-0.1, -0.05) is 11.6 Å². The molecule has 0 amide bonds. The molecule has 0 radical (unpaired) electrons. The lowest BCUT2D eigenvalue weighted by Crippen LogP contribution is -2.37. The van der Waals surface area contributed by atoms with Crippen LogP contribution >= 0.6 is 11.6 Å². The normalized spacial score (nSPS) is 13.3. The van der Waals surface area contributed by atoms with E-state index >= 15 is 0 Å². The van der Waals surface area contributed by atoms with Gasteiger partial charge in [-0.15, -0.1) is 0 Å². The lowest BCUT2D eigenvalue weighted by atomic mass is 10.3. The highest BCUT2D eigenvalue weighted by Gasteiger charge is 2.06. The third-order valence-corrected chi connectivity index (χ3v) is 2.41. The Kier molecular flexibility index (Phi) is 5.84. The van der Waals surface area contributed by atoms with E-state index in [1.807, 2.05) is 6.92 Å². The van der Waals surface area contributed by atoms with Gasteiger partial charge < -0.3 is 10.1 Å². The molecule has 0 spiro atoms. The lowest BCUT2D eigenvalue weighted by molar-refractivity contribution is 0.185. The fourth-order valence-electron chi connectivity index (χ4n) is 1.33. The van der Waals surface area contributed by atoms with Gasteiger partial charge in [0, 0.05) is 7.11 Å². The van der Waals surface area contributed by atoms with Crippen LogP contribution in [0.4, 0.5) is 10.1 Å². The Morgan fingerprint density at radius 1 is 1.61 bits per heavy atom. The van der Waals surface area contributed by atoms with Crippen molar-refractivity contribution in [3.8, 4) is 0 Å². The second-order valence-electron chi connectivity index (χ2n) is 3.68. The summed E-state index contributed by atoms with van der Waals surface area (Å²) in [5.74, 6) is 5.22. The number of ether oxygens (including phenoxy) is 1. The zero-order valence-electron chi connectivity index (χ0n) is 10.2. The number of hydrazine groups is 1. The van der Waals surface area contributed by atoms with Crippen LogP contribution < -0.4 is 16.6 Å². The van der Waals surface area contributed by atoms with Gasteiger partial charge in [0.05, 0.1) is 23.4 Å². The van der Waals surface area contributed by atoms with Gasteiger partial charge in [-0.3, -0.25) is 5.43 Å². The van der Waals surface area contributed by atoms with Crippen molar-refractivity contribution in [2.45, 2.75) is 13.0 Å². The van der Waals surface area contributed by atoms with E-state index in [2.05, 4.69) is 15.7 Å². The fraction of sp³-hybridized carbons (Fsp3) is 0.364. The average molecular weight is 275 g/mol. The Morgan fingerprint density at radius 2 is 2.33 bits per heavy atom. The highest BCUT2D eigenvalue weighted by molar-refractivity contribution is 6.33. The molecule has 1 unspecified atom stereocenters. The van der Waals surface area contributed by atoms with E-state index in [-0.39, 0.29) is 12.0 Å². The number of halogens is 2. The predicted octanol–water partition coefficient (Wildman–Crippen LogP) is 1.75. The third kappa shape index (κ3) is 4.48. The first kappa shape index (κ1) is 14.7. The summed E-state index contributed by atoms with van der Waals surface area (Å²) < 4.78 is 18.0. The number of methoxy groups -OCH3 is 1. The molecule has 0 aliphatic heterocycles. The minimum Gasteiger partial charge on any atom is -0.382 e. The molecule has 1 rings (SSSR count). The maximum atomic E-state index is 13.1. The maximum absolute atomic E-state index is 13.1. The highest BCUT2D eigenvalue weighted by atomic mass is 35.5. The summed E-state index contributed by atoms with van der Waals surface area (Å²) in [4.78, 5) is 4.21. The molecule has 5 nitrogen and oxygen atoms in total. The molecular formula is C11H16ClFN4O. The molecule has 0 fully saturated rings. The molecule has 7 heteroatoms. The quantitative estimate of drug-likeness (QED) is 0.339. The summed E-state index contributed by atoms with van der Waals surface area (Å²) in [6.45, 7) is 2.31. The molecular weight excluding hydrogens is 259 g/mol. The Morgan fingerprint density at radius 3 is 2.94 bits per heavy atom. The molecule has 0 aromatic heterocycles. The van der Waals surface area contributed by atoms with E-state index < -0.39 is 5.82 Å². The average Bonchev–Trinajstić information content (AvgIpc) is 2.33. The molecule has 100 valence electrons. The Hall–Kier alpha value is -1.37. The van der Waals surface area contributed by atoms with Crippen molar-refractivity contribution in [1.29, 1.82) is 0 Å². The molecule has 0 aliphatic rings. The smallest absolute Gasteiger partial charge is 0.210 e. The van der Waals surface area contributed by atoms with Crippen molar-refractivity contribution in [3.63, 3.8) is 0 Å². The monoisotopic (exact) mass is 274 g/mol. The van der Waals surface area contributed by atoms with E-state index in [4.69, 9.17) is 22.2 Å². The summed E-state index contributed by atoms with van der Waals surface area (Å²) >= 11 is 5.92. The van der Waals surface area contributed by atoms with Crippen LogP contribution in [-0.4, -0.2) is 25.7 Å². The molecule has 1 aromatic rings. The van der Waals surface area contributed by atoms with E-state index in [0.29, 0.717) is 17.3 Å². The number of nitrogens with zero attached hydrogens (tertiary/aromatic N) is 1. The zero-order valence-corrected chi connectivity index (χ0v) is 11.0. The van der Waals surface area contributed by atoms with Crippen LogP contribution in [0.15, 0.2) is 23.2 Å². The molecule has 0 heterocycles. The summed E-state index contributed by atoms with van der Waals surface area (Å²) in [6, 6.07) is 3.89. The number of guanidine groups is 1. The molecule has 0 saturated heterocycles. The molecule has 1 aromatic carbocycles. The number of benzene rings is 1. The van der Waals surface area contributed by atoms with Crippen molar-refractivity contribution < 1.29 is 9.13 Å². The molecule has 0 bridgehead atoms. The minimum absolute atomic E-state index is 0.0964. The van der Waals surface area contributed by atoms with Crippen LogP contribution in [0.1, 0.15) is 6.92 Å². The Bertz CT molecular complexity index is 428. The molecule has 4 N–H and O–H groups in total. The highest BCUT2D eigenvalue weighted by Crippen LogP contribution is 2.22. The van der Waals surface area contributed by atoms with Gasteiger partial charge in [0.15, 0.2) is 0 Å². The molecule has 1 atom stereocenters. The van der Waals surface area contributed by atoms with Crippen LogP contribution in [0, 0.1) is 5.82 Å². The molecule has 18 heavy (non-hydrogen) atoms. The third-order valence-electron chi connectivity index (χ3n) is 2.08. The minimum atomic E-state index is -0.400. The van der Waals surface area contributed by atoms with E-state index in [1.54, 1.807) is 7.11 Å². The van der Waals surface area contributed by atoms with Crippen molar-refractivity contribution in [3.05, 3.63) is 29.0 Å². The van der Waals surface area contributed by atoms with Crippen LogP contribution in [0.25, 0.3) is 0 Å². The number of nitrogens with two attached hydrogens (primary N) is 1. The summed E-state index contributed by atoms with van der Waals surface area (Å²) in [5, 5.41) is 3.19. The van der Waals surface area contributed by atoms with Crippen LogP contribution in [0.2, 0.25) is 5.02 Å². The standard InChI is InChI=1S/C11H16ClFN4O/c1-7(6-18-2)15-11(17-14)16-10-5-8(13)3-4-9(10)12/h3-5,7H,6,14H2,1-2H3,(H2,15,16,17). The zero-order chi connectivity index (χ0) is 13.5. The first-order chi connectivity index (χ1) is 8.56. The van der Waals surface area contributed by atoms with Crippen LogP contribution in [0.3, 0.4) is 0 Å². The van der Waals surface area contributed by atoms with Gasteiger partial charge in [0.1, 0.15) is 5.82 Å². The van der Waals surface area contributed by atoms with E-state index in [9.17, 15) is 4.39 Å². The SMILES string of the molecule is COCC(C)N=C(NN)Nc1cc(F)ccc1Cl. The Balaban J connectivity index is 2.82. The summed E-state index contributed by atoms with van der Waals surface area (Å²) in [5.41, 5.74) is 2.78. The number of aliphatic imine (C=N–C) groups is 1. The number of anilines is 1. The molecule has 0 aliphatic carbocycles. The van der Waals surface area contributed by atoms with Crippen LogP contribution in [-0.2, 0) is 4.74 Å². The predicted molar refractivity (Wildman–Crippen MR) is 71.1 cm³/mol. The van der Waals surface area contributed by atoms with Gasteiger partial charge in [0.2, 0.25) is 5.96 Å². The maximum Gasteiger partial charge on any atom is 0.210 e. The van der Waals surface area contributed by atoms with Gasteiger partial charge in [0.25, 0.3) is 0 Å². The number of nitrogens with one attached hydrogen (secondary N) is 2. The van der Waals surface area contributed by atoms with Crippen LogP contribution in [0.5, 0.6) is 0 Å². The molecule has 0 saturated carbocycles. The second kappa shape index (κ2) is 7.15. The van der Waals surface area contributed by atoms with Crippen molar-refractivity contribution in [2.75, 3.05) is 19.0 Å². The lowest BCUT2D eigenvalue weighted by Gasteiger charge is -2.13. The van der Waals surface area contributed by atoms with Crippen molar-refractivity contribution >= 4 is 23.2 Å². The van der Waals surface area contributed by atoms with Gasteiger partial charge >= 0.3 is 0 Å². The summed E-state index contributed by atoms with van der Waals surface area (Å²) in [6.07, 6.45) is 0. The van der Waals surface area contributed by atoms with Gasteiger partial charge in [-0.2, -0.15) is 0 Å². The van der Waals surface area contributed by atoms with E-state index in [1.165, 1.54) is 18.2 Å². The Labute approximate surface area is 110 Å². The van der Waals surface area contributed by atoms with Crippen molar-refractivity contribution in [1.82, 2.24) is 5.43 Å². The number of rotatable bonds is 4.